The number of nitrogens with zero attached hydrogens (tertiary/aromatic N) is 6. The van der Waals surface area contributed by atoms with Gasteiger partial charge in [0.15, 0.2) is 5.65 Å². The molecule has 3 fully saturated rings. The molecule has 2 aliphatic heterocycles. The fourth-order valence-corrected chi connectivity index (χ4v) is 7.03. The normalized spacial score (nSPS) is 22.7. The van der Waals surface area contributed by atoms with Crippen LogP contribution >= 0.6 is 12.4 Å². The molecule has 3 aromatic rings. The predicted molar refractivity (Wildman–Crippen MR) is 159 cm³/mol. The van der Waals surface area contributed by atoms with Crippen LogP contribution in [0.15, 0.2) is 36.8 Å². The van der Waals surface area contributed by atoms with E-state index in [2.05, 4.69) is 32.0 Å². The molecule has 8 nitrogen and oxygen atoms in total. The third-order valence-electron chi connectivity index (χ3n) is 9.15. The quantitative estimate of drug-likeness (QED) is 0.379. The number of piperidine rings is 2. The molecule has 0 N–H and O–H groups in total. The summed E-state index contributed by atoms with van der Waals surface area (Å²) in [5.41, 5.74) is 3.07. The maximum Gasteiger partial charge on any atom is 0.225 e. The van der Waals surface area contributed by atoms with Crippen molar-refractivity contribution in [1.29, 1.82) is 0 Å². The van der Waals surface area contributed by atoms with Gasteiger partial charge < -0.3 is 14.5 Å². The van der Waals surface area contributed by atoms with Crippen LogP contribution < -0.4 is 4.74 Å². The summed E-state index contributed by atoms with van der Waals surface area (Å²) in [5.74, 6) is 1.81. The minimum Gasteiger partial charge on any atom is -0.494 e. The zero-order chi connectivity index (χ0) is 26.6. The number of ether oxygens (including phenoxy) is 1. The lowest BCUT2D eigenvalue weighted by Gasteiger charge is -2.40. The molecule has 1 saturated carbocycles. The van der Waals surface area contributed by atoms with Crippen molar-refractivity contribution < 1.29 is 9.53 Å². The molecule has 4 heterocycles. The maximum absolute atomic E-state index is 13.4. The van der Waals surface area contributed by atoms with E-state index in [0.717, 1.165) is 66.8 Å². The van der Waals surface area contributed by atoms with Gasteiger partial charge in [0.2, 0.25) is 5.91 Å². The summed E-state index contributed by atoms with van der Waals surface area (Å²) >= 11 is 0. The van der Waals surface area contributed by atoms with E-state index < -0.39 is 0 Å². The Bertz CT molecular complexity index is 1260. The Morgan fingerprint density at radius 1 is 0.975 bits per heavy atom. The van der Waals surface area contributed by atoms with Gasteiger partial charge in [-0.3, -0.25) is 4.79 Å². The van der Waals surface area contributed by atoms with E-state index in [0.29, 0.717) is 31.0 Å². The second kappa shape index (κ2) is 13.3. The summed E-state index contributed by atoms with van der Waals surface area (Å²) in [6.07, 6.45) is 14.0. The van der Waals surface area contributed by atoms with Crippen molar-refractivity contribution in [3.8, 4) is 5.75 Å². The van der Waals surface area contributed by atoms with Gasteiger partial charge in [-0.2, -0.15) is 5.10 Å². The highest BCUT2D eigenvalue weighted by Gasteiger charge is 2.34. The van der Waals surface area contributed by atoms with Crippen LogP contribution in [-0.4, -0.2) is 74.3 Å². The van der Waals surface area contributed by atoms with Crippen LogP contribution in [0.25, 0.3) is 11.0 Å². The lowest BCUT2D eigenvalue weighted by Crippen LogP contribution is -2.45. The van der Waals surface area contributed by atoms with Crippen molar-refractivity contribution in [2.75, 3.05) is 32.8 Å². The first-order valence-electron chi connectivity index (χ1n) is 15.1. The number of carbonyl (C=O) groups excluding carboxylic acids is 1. The highest BCUT2D eigenvalue weighted by molar-refractivity contribution is 5.85. The molecule has 0 spiro atoms. The molecule has 1 aromatic carbocycles. The van der Waals surface area contributed by atoms with Crippen molar-refractivity contribution in [2.45, 2.75) is 83.2 Å². The Morgan fingerprint density at radius 3 is 2.50 bits per heavy atom. The molecule has 2 aromatic heterocycles. The van der Waals surface area contributed by atoms with Gasteiger partial charge >= 0.3 is 0 Å². The number of carbonyl (C=O) groups is 1. The van der Waals surface area contributed by atoms with Crippen molar-refractivity contribution in [1.82, 2.24) is 29.5 Å². The van der Waals surface area contributed by atoms with Gasteiger partial charge in [-0.25, -0.2) is 14.6 Å². The molecule has 9 heteroatoms. The number of benzene rings is 1. The number of hydrogen-bond acceptors (Lipinski definition) is 6. The highest BCUT2D eigenvalue weighted by Crippen LogP contribution is 2.34. The summed E-state index contributed by atoms with van der Waals surface area (Å²) in [7, 11) is 0. The van der Waals surface area contributed by atoms with Gasteiger partial charge in [-0.1, -0.05) is 18.6 Å². The van der Waals surface area contributed by atoms with Crippen LogP contribution in [0.2, 0.25) is 0 Å². The van der Waals surface area contributed by atoms with Gasteiger partial charge in [0.05, 0.1) is 30.4 Å². The molecular weight excluding hydrogens is 524 g/mol. The topological polar surface area (TPSA) is 76.4 Å². The third kappa shape index (κ3) is 6.28. The molecule has 0 radical (unpaired) electrons. The monoisotopic (exact) mass is 566 g/mol. The lowest BCUT2D eigenvalue weighted by molar-refractivity contribution is -0.138. The summed E-state index contributed by atoms with van der Waals surface area (Å²) in [6.45, 7) is 7.43. The molecule has 1 aliphatic carbocycles. The largest absolute Gasteiger partial charge is 0.494 e. The number of fused-ring (bicyclic) bond motifs is 1. The Morgan fingerprint density at radius 2 is 1.75 bits per heavy atom. The summed E-state index contributed by atoms with van der Waals surface area (Å²) < 4.78 is 7.61. The fourth-order valence-electron chi connectivity index (χ4n) is 7.03. The van der Waals surface area contributed by atoms with Crippen LogP contribution in [0.5, 0.6) is 5.75 Å². The number of halogens is 1. The second-order valence-corrected chi connectivity index (χ2v) is 11.6. The van der Waals surface area contributed by atoms with Crippen LogP contribution in [0, 0.1) is 5.92 Å². The zero-order valence-electron chi connectivity index (χ0n) is 23.7. The minimum absolute atomic E-state index is 0. The minimum atomic E-state index is 0. The Labute approximate surface area is 243 Å². The molecule has 216 valence electrons. The maximum atomic E-state index is 13.4. The van der Waals surface area contributed by atoms with E-state index in [1.807, 2.05) is 29.9 Å². The Kier molecular flexibility index (Phi) is 9.58. The first-order chi connectivity index (χ1) is 19.2. The van der Waals surface area contributed by atoms with Gasteiger partial charge in [0.1, 0.15) is 12.1 Å². The van der Waals surface area contributed by atoms with Crippen LogP contribution in [-0.2, 0) is 11.3 Å². The lowest BCUT2D eigenvalue weighted by atomic mass is 9.83. The molecule has 6 rings (SSSR count). The van der Waals surface area contributed by atoms with Gasteiger partial charge in [-0.15, -0.1) is 12.4 Å². The van der Waals surface area contributed by atoms with E-state index in [4.69, 9.17) is 9.72 Å². The van der Waals surface area contributed by atoms with Crippen LogP contribution in [0.1, 0.15) is 81.9 Å². The predicted octanol–water partition coefficient (Wildman–Crippen LogP) is 5.45. The van der Waals surface area contributed by atoms with Gasteiger partial charge in [0, 0.05) is 31.0 Å². The number of rotatable bonds is 7. The Balaban J connectivity index is 0.00000323. The second-order valence-electron chi connectivity index (χ2n) is 11.6. The fraction of sp³-hybridized carbons (Fsp3) is 0.613. The number of likely N-dealkylation sites (tertiary alicyclic amines) is 2. The van der Waals surface area contributed by atoms with Gasteiger partial charge in [0.25, 0.3) is 0 Å². The average Bonchev–Trinajstić information content (AvgIpc) is 3.40. The molecule has 2 saturated heterocycles. The Hall–Kier alpha value is -2.71. The molecule has 0 bridgehead atoms. The van der Waals surface area contributed by atoms with Crippen LogP contribution in [0.3, 0.4) is 0 Å². The first kappa shape index (κ1) is 28.8. The van der Waals surface area contributed by atoms with Gasteiger partial charge in [-0.05, 0) is 89.1 Å². The standard InChI is InChI=1S/C31H42N6O2.ClH/c1-2-39-27-8-6-7-23(19-27)21-37-30-28(20-34-37)29(32-22-33-30)24-13-17-36(18-14-24)31(38)25-9-11-26(12-10-25)35-15-4-3-5-16-35;/h6-8,19-20,22,24-26H,2-5,9-18,21H2,1H3;1H/t25-,26-;. The molecule has 0 unspecified atom stereocenters. The van der Waals surface area contributed by atoms with Crippen LogP contribution in [0.4, 0.5) is 0 Å². The molecule has 3 aliphatic rings. The smallest absolute Gasteiger partial charge is 0.225 e. The summed E-state index contributed by atoms with van der Waals surface area (Å²) in [4.78, 5) is 27.5. The SMILES string of the molecule is CCOc1cccc(Cn2ncc3c(C4CCN(C(=O)[C@H]5CC[C@H](N6CCCCC6)CC5)CC4)ncnc32)c1.Cl. The highest BCUT2D eigenvalue weighted by atomic mass is 35.5. The van der Waals surface area contributed by atoms with E-state index in [1.165, 1.54) is 45.2 Å². The molecule has 40 heavy (non-hydrogen) atoms. The van der Waals surface area contributed by atoms with Crippen molar-refractivity contribution in [3.63, 3.8) is 0 Å². The number of amides is 1. The third-order valence-corrected chi connectivity index (χ3v) is 9.15. The average molecular weight is 567 g/mol. The first-order valence-corrected chi connectivity index (χ1v) is 15.1. The zero-order valence-corrected chi connectivity index (χ0v) is 24.5. The summed E-state index contributed by atoms with van der Waals surface area (Å²) in [5, 5.41) is 5.70. The van der Waals surface area contributed by atoms with Crippen molar-refractivity contribution >= 4 is 29.3 Å². The molecule has 1 amide bonds. The summed E-state index contributed by atoms with van der Waals surface area (Å²) in [6, 6.07) is 8.85. The van der Waals surface area contributed by atoms with Crippen molar-refractivity contribution in [2.24, 2.45) is 5.92 Å². The number of aromatic nitrogens is 4. The number of hydrogen-bond donors (Lipinski definition) is 0. The van der Waals surface area contributed by atoms with E-state index in [1.54, 1.807) is 6.33 Å². The molecular formula is C31H43ClN6O2. The van der Waals surface area contributed by atoms with E-state index in [-0.39, 0.29) is 18.3 Å². The molecule has 0 atom stereocenters. The van der Waals surface area contributed by atoms with Crippen molar-refractivity contribution in [3.05, 3.63) is 48.0 Å². The van der Waals surface area contributed by atoms with E-state index >= 15 is 0 Å². The van der Waals surface area contributed by atoms with E-state index in [9.17, 15) is 4.79 Å².